The third-order valence-corrected chi connectivity index (χ3v) is 3.35. The Morgan fingerprint density at radius 1 is 1.30 bits per heavy atom. The van der Waals surface area contributed by atoms with Crippen molar-refractivity contribution in [2.75, 3.05) is 39.8 Å². The Hall–Kier alpha value is -2.15. The van der Waals surface area contributed by atoms with Gasteiger partial charge in [-0.25, -0.2) is 0 Å². The lowest BCUT2D eigenvalue weighted by molar-refractivity contribution is -0.122. The lowest BCUT2D eigenvalue weighted by atomic mass is 10.2. The monoisotopic (exact) mass is 278 g/mol. The van der Waals surface area contributed by atoms with E-state index in [0.717, 1.165) is 0 Å². The summed E-state index contributed by atoms with van der Waals surface area (Å²) in [5, 5.41) is 2.57. The van der Waals surface area contributed by atoms with Crippen LogP contribution in [0.4, 0.5) is 0 Å². The largest absolute Gasteiger partial charge is 0.358 e. The van der Waals surface area contributed by atoms with Gasteiger partial charge in [0, 0.05) is 39.4 Å². The van der Waals surface area contributed by atoms with E-state index in [0.29, 0.717) is 32.7 Å². The van der Waals surface area contributed by atoms with Crippen molar-refractivity contribution in [3.05, 3.63) is 34.2 Å². The number of hydrogen-bond acceptors (Lipinski definition) is 4. The van der Waals surface area contributed by atoms with Crippen LogP contribution in [0.5, 0.6) is 0 Å². The molecule has 2 heterocycles. The van der Waals surface area contributed by atoms with Crippen molar-refractivity contribution in [2.24, 2.45) is 0 Å². The van der Waals surface area contributed by atoms with Crippen LogP contribution in [0.15, 0.2) is 23.1 Å². The Morgan fingerprint density at radius 3 is 2.60 bits per heavy atom. The third-order valence-electron chi connectivity index (χ3n) is 3.35. The van der Waals surface area contributed by atoms with Gasteiger partial charge in [-0.1, -0.05) is 0 Å². The third kappa shape index (κ3) is 3.24. The highest BCUT2D eigenvalue weighted by atomic mass is 16.2. The van der Waals surface area contributed by atoms with Crippen LogP contribution in [0.3, 0.4) is 0 Å². The lowest BCUT2D eigenvalue weighted by Crippen LogP contribution is -2.51. The Bertz CT molecular complexity index is 547. The van der Waals surface area contributed by atoms with Gasteiger partial charge in [-0.3, -0.25) is 19.3 Å². The van der Waals surface area contributed by atoms with E-state index in [1.807, 2.05) is 4.90 Å². The molecule has 1 aliphatic rings. The van der Waals surface area contributed by atoms with Gasteiger partial charge in [-0.2, -0.15) is 0 Å². The summed E-state index contributed by atoms with van der Waals surface area (Å²) in [4.78, 5) is 41.2. The molecule has 0 unspecified atom stereocenters. The van der Waals surface area contributed by atoms with Crippen molar-refractivity contribution in [1.29, 1.82) is 0 Å². The molecule has 0 aliphatic carbocycles. The van der Waals surface area contributed by atoms with E-state index in [1.165, 1.54) is 12.3 Å². The van der Waals surface area contributed by atoms with Gasteiger partial charge in [-0.05, 0) is 12.1 Å². The maximum absolute atomic E-state index is 12.2. The molecule has 7 heteroatoms. The second kappa shape index (κ2) is 6.33. The van der Waals surface area contributed by atoms with Gasteiger partial charge in [0.2, 0.25) is 5.91 Å². The molecule has 7 nitrogen and oxygen atoms in total. The van der Waals surface area contributed by atoms with Gasteiger partial charge in [-0.15, -0.1) is 0 Å². The van der Waals surface area contributed by atoms with Crippen LogP contribution in [0.1, 0.15) is 10.4 Å². The Kier molecular flexibility index (Phi) is 4.52. The van der Waals surface area contributed by atoms with Crippen molar-refractivity contribution in [2.45, 2.75) is 0 Å². The molecule has 1 aliphatic heterocycles. The van der Waals surface area contributed by atoms with E-state index in [1.54, 1.807) is 18.0 Å². The van der Waals surface area contributed by atoms with Gasteiger partial charge in [0.15, 0.2) is 0 Å². The highest BCUT2D eigenvalue weighted by Gasteiger charge is 2.24. The minimum atomic E-state index is -0.370. The summed E-state index contributed by atoms with van der Waals surface area (Å²) in [5.74, 6) is -0.296. The molecule has 0 bridgehead atoms. The van der Waals surface area contributed by atoms with Crippen LogP contribution in [-0.4, -0.2) is 66.4 Å². The molecule has 20 heavy (non-hydrogen) atoms. The van der Waals surface area contributed by atoms with Gasteiger partial charge in [0.1, 0.15) is 5.56 Å². The van der Waals surface area contributed by atoms with E-state index in [9.17, 15) is 14.4 Å². The lowest BCUT2D eigenvalue weighted by Gasteiger charge is -2.34. The fraction of sp³-hybridized carbons (Fsp3) is 0.462. The van der Waals surface area contributed by atoms with Gasteiger partial charge in [0.25, 0.3) is 11.5 Å². The molecule has 1 fully saturated rings. The average molecular weight is 278 g/mol. The summed E-state index contributed by atoms with van der Waals surface area (Å²) >= 11 is 0. The van der Waals surface area contributed by atoms with Crippen molar-refractivity contribution >= 4 is 11.8 Å². The smallest absolute Gasteiger partial charge is 0.260 e. The molecule has 1 aromatic rings. The molecule has 2 N–H and O–H groups in total. The molecule has 0 spiro atoms. The fourth-order valence-corrected chi connectivity index (χ4v) is 2.15. The van der Waals surface area contributed by atoms with Gasteiger partial charge < -0.3 is 15.2 Å². The average Bonchev–Trinajstić information content (AvgIpc) is 2.47. The number of aromatic amines is 1. The van der Waals surface area contributed by atoms with Crippen LogP contribution < -0.4 is 10.9 Å². The first-order valence-electron chi connectivity index (χ1n) is 6.51. The number of H-pyrrole nitrogens is 1. The normalized spacial score (nSPS) is 15.9. The van der Waals surface area contributed by atoms with Crippen LogP contribution in [0.25, 0.3) is 0 Å². The van der Waals surface area contributed by atoms with Gasteiger partial charge >= 0.3 is 0 Å². The standard InChI is InChI=1S/C13H18N4O3/c1-14-11(18)9-16-5-7-17(8-6-16)13(20)10-3-2-4-15-12(10)19/h2-4H,5-9H2,1H3,(H,14,18)(H,15,19). The zero-order valence-electron chi connectivity index (χ0n) is 11.4. The van der Waals surface area contributed by atoms with Crippen LogP contribution >= 0.6 is 0 Å². The minimum absolute atomic E-state index is 0.0377. The maximum Gasteiger partial charge on any atom is 0.260 e. The van der Waals surface area contributed by atoms with E-state index in [2.05, 4.69) is 10.3 Å². The number of piperazine rings is 1. The molecule has 1 saturated heterocycles. The van der Waals surface area contributed by atoms with Crippen molar-refractivity contribution in [1.82, 2.24) is 20.1 Å². The molecule has 2 rings (SSSR count). The number of nitrogens with zero attached hydrogens (tertiary/aromatic N) is 2. The molecule has 0 aromatic carbocycles. The molecular weight excluding hydrogens is 260 g/mol. The number of carbonyl (C=O) groups is 2. The molecule has 1 aromatic heterocycles. The summed E-state index contributed by atoms with van der Waals surface area (Å²) in [6, 6.07) is 3.16. The van der Waals surface area contributed by atoms with Crippen molar-refractivity contribution < 1.29 is 9.59 Å². The number of hydrogen-bond donors (Lipinski definition) is 2. The molecule has 0 saturated carbocycles. The number of pyridine rings is 1. The number of rotatable bonds is 3. The van der Waals surface area contributed by atoms with Gasteiger partial charge in [0.05, 0.1) is 6.54 Å². The summed E-state index contributed by atoms with van der Waals surface area (Å²) in [7, 11) is 1.60. The molecule has 2 amide bonds. The van der Waals surface area contributed by atoms with Crippen molar-refractivity contribution in [3.8, 4) is 0 Å². The molecular formula is C13H18N4O3. The van der Waals surface area contributed by atoms with E-state index in [4.69, 9.17) is 0 Å². The Morgan fingerprint density at radius 2 is 2.00 bits per heavy atom. The topological polar surface area (TPSA) is 85.5 Å². The summed E-state index contributed by atoms with van der Waals surface area (Å²) in [6.45, 7) is 2.63. The predicted octanol–water partition coefficient (Wildman–Crippen LogP) is -1.12. The fourth-order valence-electron chi connectivity index (χ4n) is 2.15. The van der Waals surface area contributed by atoms with E-state index < -0.39 is 0 Å². The second-order valence-electron chi connectivity index (χ2n) is 4.65. The van der Waals surface area contributed by atoms with Crippen molar-refractivity contribution in [3.63, 3.8) is 0 Å². The zero-order chi connectivity index (χ0) is 14.5. The van der Waals surface area contributed by atoms with E-state index >= 15 is 0 Å². The van der Waals surface area contributed by atoms with E-state index in [-0.39, 0.29) is 22.9 Å². The summed E-state index contributed by atoms with van der Waals surface area (Å²) in [5.41, 5.74) is -0.211. The second-order valence-corrected chi connectivity index (χ2v) is 4.65. The molecule has 108 valence electrons. The number of aromatic nitrogens is 1. The summed E-state index contributed by atoms with van der Waals surface area (Å²) in [6.07, 6.45) is 1.50. The first-order chi connectivity index (χ1) is 9.61. The highest BCUT2D eigenvalue weighted by Crippen LogP contribution is 2.05. The van der Waals surface area contributed by atoms with Crippen LogP contribution in [-0.2, 0) is 4.79 Å². The molecule has 0 radical (unpaired) electrons. The zero-order valence-corrected chi connectivity index (χ0v) is 11.4. The predicted molar refractivity (Wildman–Crippen MR) is 73.5 cm³/mol. The minimum Gasteiger partial charge on any atom is -0.358 e. The number of carbonyl (C=O) groups excluding carboxylic acids is 2. The van der Waals surface area contributed by atoms with Crippen LogP contribution in [0, 0.1) is 0 Å². The number of amides is 2. The Labute approximate surface area is 116 Å². The maximum atomic E-state index is 12.2. The first-order valence-corrected chi connectivity index (χ1v) is 6.51. The highest BCUT2D eigenvalue weighted by molar-refractivity contribution is 5.93. The quantitative estimate of drug-likeness (QED) is 0.733. The Balaban J connectivity index is 1.94. The number of likely N-dealkylation sites (N-methyl/N-ethyl adjacent to an activating group) is 1. The van der Waals surface area contributed by atoms with Crippen LogP contribution in [0.2, 0.25) is 0 Å². The first kappa shape index (κ1) is 14.3. The number of nitrogens with one attached hydrogen (secondary N) is 2. The summed E-state index contributed by atoms with van der Waals surface area (Å²) < 4.78 is 0. The SMILES string of the molecule is CNC(=O)CN1CCN(C(=O)c2ccc[nH]c2=O)CC1. The molecule has 0 atom stereocenters.